The van der Waals surface area contributed by atoms with Crippen molar-refractivity contribution in [3.05, 3.63) is 122 Å². The molecule has 0 fully saturated rings. The maximum Gasteiger partial charge on any atom is 0.306 e. The minimum atomic E-state index is -0.811. The van der Waals surface area contributed by atoms with Crippen LogP contribution in [-0.4, -0.2) is 37.2 Å². The molecule has 0 saturated heterocycles. The molecular weight excluding hydrogens is 889 g/mol. The first-order valence-electron chi connectivity index (χ1n) is 29.7. The van der Waals surface area contributed by atoms with Crippen LogP contribution in [-0.2, 0) is 28.6 Å². The third-order valence-electron chi connectivity index (χ3n) is 12.4. The summed E-state index contributed by atoms with van der Waals surface area (Å²) in [5, 5.41) is 0. The van der Waals surface area contributed by atoms with E-state index in [0.717, 1.165) is 128 Å². The predicted molar refractivity (Wildman–Crippen MR) is 311 cm³/mol. The van der Waals surface area contributed by atoms with Crippen LogP contribution in [0.1, 0.15) is 258 Å². The van der Waals surface area contributed by atoms with E-state index in [1.165, 1.54) is 89.9 Å². The molecular formula is C66H108O6. The number of unbranched alkanes of at least 4 members (excludes halogenated alkanes) is 28. The summed E-state index contributed by atoms with van der Waals surface area (Å²) in [5.41, 5.74) is 0. The smallest absolute Gasteiger partial charge is 0.306 e. The Labute approximate surface area is 443 Å². The minimum absolute atomic E-state index is 0.106. The summed E-state index contributed by atoms with van der Waals surface area (Å²) in [6.07, 6.45) is 81.7. The van der Waals surface area contributed by atoms with Crippen LogP contribution < -0.4 is 0 Å². The summed E-state index contributed by atoms with van der Waals surface area (Å²) in [7, 11) is 0. The third kappa shape index (κ3) is 56.7. The molecule has 408 valence electrons. The first kappa shape index (κ1) is 67.8. The van der Waals surface area contributed by atoms with Crippen LogP contribution in [0.3, 0.4) is 0 Å². The highest BCUT2D eigenvalue weighted by molar-refractivity contribution is 5.71. The standard InChI is InChI=1S/C66H108O6/c1-4-7-10-13-16-19-22-25-28-31-34-37-40-43-46-49-52-55-58-64(67)70-61-63(72-66(69)60-57-54-51-48-45-42-39-36-33-30-27-24-21-18-15-12-9-6-3)62-71-65(68)59-56-53-50-47-44-41-38-35-32-29-26-23-20-17-14-11-8-5-2/h10,13,16,19,22,24-25,27-39,63H,4-9,11-12,14-15,17-18,20-21,23,26,40-62H2,1-3H3/b13-10-,19-16-,25-22-,27-24-,31-28-,32-29-,33-30-,37-34-,38-35-,39-36-. The molecule has 6 heteroatoms. The van der Waals surface area contributed by atoms with Crippen molar-refractivity contribution in [2.45, 2.75) is 264 Å². The quantitative estimate of drug-likeness (QED) is 0.0261. The van der Waals surface area contributed by atoms with E-state index in [4.69, 9.17) is 14.2 Å². The van der Waals surface area contributed by atoms with Crippen LogP contribution in [0.5, 0.6) is 0 Å². The van der Waals surface area contributed by atoms with Crippen LogP contribution in [0.4, 0.5) is 0 Å². The van der Waals surface area contributed by atoms with Crippen LogP contribution in [0.2, 0.25) is 0 Å². The molecule has 0 saturated carbocycles. The lowest BCUT2D eigenvalue weighted by Gasteiger charge is -2.18. The Morgan fingerprint density at radius 2 is 0.528 bits per heavy atom. The van der Waals surface area contributed by atoms with Gasteiger partial charge in [-0.1, -0.05) is 271 Å². The van der Waals surface area contributed by atoms with E-state index in [9.17, 15) is 14.4 Å². The molecule has 0 aromatic heterocycles. The Hall–Kier alpha value is -4.19. The van der Waals surface area contributed by atoms with E-state index in [1.54, 1.807) is 0 Å². The normalized spacial score (nSPS) is 13.0. The highest BCUT2D eigenvalue weighted by Crippen LogP contribution is 2.14. The van der Waals surface area contributed by atoms with Crippen molar-refractivity contribution in [1.82, 2.24) is 0 Å². The van der Waals surface area contributed by atoms with Crippen LogP contribution >= 0.6 is 0 Å². The second-order valence-electron chi connectivity index (χ2n) is 19.4. The number of carbonyl (C=O) groups is 3. The van der Waals surface area contributed by atoms with Gasteiger partial charge in [-0.3, -0.25) is 14.4 Å². The Kier molecular flexibility index (Phi) is 55.9. The lowest BCUT2D eigenvalue weighted by Crippen LogP contribution is -2.30. The number of allylic oxidation sites excluding steroid dienone is 20. The number of hydrogen-bond donors (Lipinski definition) is 0. The predicted octanol–water partition coefficient (Wildman–Crippen LogP) is 20.0. The van der Waals surface area contributed by atoms with E-state index < -0.39 is 6.10 Å². The van der Waals surface area contributed by atoms with Gasteiger partial charge in [0.15, 0.2) is 6.10 Å². The molecule has 1 unspecified atom stereocenters. The highest BCUT2D eigenvalue weighted by atomic mass is 16.6. The van der Waals surface area contributed by atoms with E-state index in [-0.39, 0.29) is 31.1 Å². The number of esters is 3. The van der Waals surface area contributed by atoms with Gasteiger partial charge in [0, 0.05) is 19.3 Å². The summed E-state index contributed by atoms with van der Waals surface area (Å²) >= 11 is 0. The molecule has 0 aliphatic heterocycles. The van der Waals surface area contributed by atoms with Crippen molar-refractivity contribution in [1.29, 1.82) is 0 Å². The average Bonchev–Trinajstić information content (AvgIpc) is 3.38. The van der Waals surface area contributed by atoms with Crippen LogP contribution in [0.15, 0.2) is 122 Å². The molecule has 0 aliphatic rings. The zero-order valence-corrected chi connectivity index (χ0v) is 46.7. The van der Waals surface area contributed by atoms with Gasteiger partial charge in [-0.2, -0.15) is 0 Å². The van der Waals surface area contributed by atoms with Gasteiger partial charge >= 0.3 is 17.9 Å². The SMILES string of the molecule is CCC\C=C/C=C\C=C/C=C\C=C/CCCCCCCC(=O)OCC(COC(=O)CCCCCCC/C=C\C=C/CCCCCCCCC)OC(=O)CCCCCCC\C=C/C=C\C=C/CCCCCCC. The lowest BCUT2D eigenvalue weighted by molar-refractivity contribution is -0.167. The molecule has 1 atom stereocenters. The number of rotatable bonds is 52. The van der Waals surface area contributed by atoms with Crippen LogP contribution in [0, 0.1) is 0 Å². The second kappa shape index (κ2) is 59.4. The van der Waals surface area contributed by atoms with E-state index >= 15 is 0 Å². The fourth-order valence-corrected chi connectivity index (χ4v) is 7.88. The van der Waals surface area contributed by atoms with E-state index in [2.05, 4.69) is 118 Å². The van der Waals surface area contributed by atoms with Gasteiger partial charge in [0.2, 0.25) is 0 Å². The zero-order valence-electron chi connectivity index (χ0n) is 46.7. The summed E-state index contributed by atoms with van der Waals surface area (Å²) in [6.45, 7) is 6.48. The van der Waals surface area contributed by atoms with Crippen molar-refractivity contribution in [2.75, 3.05) is 13.2 Å². The van der Waals surface area contributed by atoms with Crippen molar-refractivity contribution in [3.8, 4) is 0 Å². The Morgan fingerprint density at radius 3 is 0.847 bits per heavy atom. The Morgan fingerprint density at radius 1 is 0.278 bits per heavy atom. The van der Waals surface area contributed by atoms with Gasteiger partial charge in [0.1, 0.15) is 13.2 Å². The van der Waals surface area contributed by atoms with Crippen molar-refractivity contribution >= 4 is 17.9 Å². The molecule has 0 aromatic rings. The molecule has 0 rings (SSSR count). The number of hydrogen-bond acceptors (Lipinski definition) is 6. The van der Waals surface area contributed by atoms with Gasteiger partial charge in [0.05, 0.1) is 0 Å². The van der Waals surface area contributed by atoms with Gasteiger partial charge in [-0.15, -0.1) is 0 Å². The fraction of sp³-hybridized carbons (Fsp3) is 0.652. The molecule has 0 N–H and O–H groups in total. The first-order chi connectivity index (χ1) is 35.5. The fourth-order valence-electron chi connectivity index (χ4n) is 7.88. The molecule has 0 radical (unpaired) electrons. The maximum absolute atomic E-state index is 12.9. The number of ether oxygens (including phenoxy) is 3. The monoisotopic (exact) mass is 997 g/mol. The molecule has 0 bridgehead atoms. The molecule has 0 heterocycles. The molecule has 0 amide bonds. The summed E-state index contributed by atoms with van der Waals surface area (Å²) in [5.74, 6) is -0.965. The molecule has 6 nitrogen and oxygen atoms in total. The van der Waals surface area contributed by atoms with Crippen molar-refractivity contribution in [3.63, 3.8) is 0 Å². The highest BCUT2D eigenvalue weighted by Gasteiger charge is 2.19. The first-order valence-corrected chi connectivity index (χ1v) is 29.7. The lowest BCUT2D eigenvalue weighted by atomic mass is 10.1. The largest absolute Gasteiger partial charge is 0.462 e. The van der Waals surface area contributed by atoms with E-state index in [1.807, 2.05) is 24.3 Å². The van der Waals surface area contributed by atoms with Crippen molar-refractivity contribution < 1.29 is 28.6 Å². The van der Waals surface area contributed by atoms with Gasteiger partial charge in [0.25, 0.3) is 0 Å². The molecule has 72 heavy (non-hydrogen) atoms. The van der Waals surface area contributed by atoms with Gasteiger partial charge in [-0.05, 0) is 89.9 Å². The summed E-state index contributed by atoms with van der Waals surface area (Å²) in [4.78, 5) is 38.2. The summed E-state index contributed by atoms with van der Waals surface area (Å²) < 4.78 is 16.8. The van der Waals surface area contributed by atoms with E-state index in [0.29, 0.717) is 19.3 Å². The molecule has 0 aliphatic carbocycles. The topological polar surface area (TPSA) is 78.9 Å². The average molecular weight is 998 g/mol. The maximum atomic E-state index is 12.9. The second-order valence-corrected chi connectivity index (χ2v) is 19.4. The zero-order chi connectivity index (χ0) is 52.2. The van der Waals surface area contributed by atoms with Gasteiger partial charge in [-0.25, -0.2) is 0 Å². The number of carbonyl (C=O) groups excluding carboxylic acids is 3. The molecule has 0 spiro atoms. The van der Waals surface area contributed by atoms with Crippen molar-refractivity contribution in [2.24, 2.45) is 0 Å². The van der Waals surface area contributed by atoms with Crippen LogP contribution in [0.25, 0.3) is 0 Å². The molecule has 0 aromatic carbocycles. The summed E-state index contributed by atoms with van der Waals surface area (Å²) in [6, 6.07) is 0. The third-order valence-corrected chi connectivity index (χ3v) is 12.4. The minimum Gasteiger partial charge on any atom is -0.462 e. The Bertz CT molecular complexity index is 1520. The Balaban J connectivity index is 4.54. The van der Waals surface area contributed by atoms with Gasteiger partial charge < -0.3 is 14.2 Å².